The molecule has 4 aromatic heterocycles. The van der Waals surface area contributed by atoms with Gasteiger partial charge < -0.3 is 19.9 Å². The molecule has 4 aromatic rings. The van der Waals surface area contributed by atoms with Crippen LogP contribution in [0.1, 0.15) is 18.4 Å². The van der Waals surface area contributed by atoms with Gasteiger partial charge in [0.05, 0.1) is 30.2 Å². The van der Waals surface area contributed by atoms with E-state index in [1.54, 1.807) is 0 Å². The fourth-order valence-corrected chi connectivity index (χ4v) is 3.93. The van der Waals surface area contributed by atoms with Crippen molar-refractivity contribution >= 4 is 23.0 Å². The summed E-state index contributed by atoms with van der Waals surface area (Å²) < 4.78 is 3.85. The van der Waals surface area contributed by atoms with E-state index < -0.39 is 0 Å². The Morgan fingerprint density at radius 2 is 2.17 bits per heavy atom. The number of aromatic nitrogens is 5. The van der Waals surface area contributed by atoms with Gasteiger partial charge in [-0.15, -0.1) is 5.10 Å². The molecule has 2 N–H and O–H groups in total. The zero-order valence-electron chi connectivity index (χ0n) is 16.2. The number of hydrogen-bond acceptors (Lipinski definition) is 6. The van der Waals surface area contributed by atoms with Crippen molar-refractivity contribution in [3.8, 4) is 5.69 Å². The highest BCUT2D eigenvalue weighted by molar-refractivity contribution is 5.71. The molecule has 1 saturated heterocycles. The van der Waals surface area contributed by atoms with Crippen molar-refractivity contribution in [1.82, 2.24) is 24.1 Å². The van der Waals surface area contributed by atoms with Crippen molar-refractivity contribution in [1.29, 1.82) is 0 Å². The zero-order valence-corrected chi connectivity index (χ0v) is 16.2. The molecular formula is C21H23N7O. The molecule has 1 aliphatic heterocycles. The van der Waals surface area contributed by atoms with Crippen LogP contribution in [0.2, 0.25) is 0 Å². The van der Waals surface area contributed by atoms with Gasteiger partial charge in [-0.25, -0.2) is 4.52 Å². The lowest BCUT2D eigenvalue weighted by Gasteiger charge is -2.25. The van der Waals surface area contributed by atoms with E-state index in [9.17, 15) is 5.11 Å². The molecule has 0 bridgehead atoms. The standard InChI is InChI=1S/C21H23N7O/c1-15-10-18(12-22-11-15)26-9-6-16(13-26)23-21-24-20(19-5-3-8-28(19)25-21)27-7-2-4-17(27)14-29/h3,5-6,8-13,17,29H,2,4,7,14H2,1H3,(H,23,25)/t17-/m0/s1. The molecule has 148 valence electrons. The third kappa shape index (κ3) is 3.31. The zero-order chi connectivity index (χ0) is 19.8. The van der Waals surface area contributed by atoms with E-state index in [0.29, 0.717) is 5.95 Å². The maximum absolute atomic E-state index is 9.74. The van der Waals surface area contributed by atoms with Gasteiger partial charge in [0.15, 0.2) is 5.82 Å². The van der Waals surface area contributed by atoms with E-state index in [4.69, 9.17) is 4.98 Å². The monoisotopic (exact) mass is 389 g/mol. The van der Waals surface area contributed by atoms with Gasteiger partial charge in [0, 0.05) is 31.3 Å². The SMILES string of the molecule is Cc1cncc(-n2ccc(Nc3nc(N4CCC[C@H]4CO)c4cccn4n3)c2)c1. The molecule has 8 heteroatoms. The lowest BCUT2D eigenvalue weighted by Crippen LogP contribution is -2.33. The van der Waals surface area contributed by atoms with E-state index in [2.05, 4.69) is 26.4 Å². The maximum atomic E-state index is 9.74. The first-order valence-electron chi connectivity index (χ1n) is 9.81. The van der Waals surface area contributed by atoms with Gasteiger partial charge in [-0.3, -0.25) is 4.98 Å². The molecule has 8 nitrogen and oxygen atoms in total. The minimum Gasteiger partial charge on any atom is -0.394 e. The first-order chi connectivity index (χ1) is 14.2. The highest BCUT2D eigenvalue weighted by Crippen LogP contribution is 2.29. The first kappa shape index (κ1) is 17.7. The highest BCUT2D eigenvalue weighted by Gasteiger charge is 2.27. The summed E-state index contributed by atoms with van der Waals surface area (Å²) in [6.07, 6.45) is 11.6. The predicted octanol–water partition coefficient (Wildman–Crippen LogP) is 2.93. The Kier molecular flexibility index (Phi) is 4.40. The quantitative estimate of drug-likeness (QED) is 0.546. The summed E-state index contributed by atoms with van der Waals surface area (Å²) in [5.41, 5.74) is 3.95. The number of fused-ring (bicyclic) bond motifs is 1. The normalized spacial score (nSPS) is 16.6. The Morgan fingerprint density at radius 3 is 3.03 bits per heavy atom. The average Bonchev–Trinajstić information content (AvgIpc) is 3.47. The number of rotatable bonds is 5. The molecule has 0 unspecified atom stereocenters. The van der Waals surface area contributed by atoms with Crippen LogP contribution in [0.4, 0.5) is 17.5 Å². The van der Waals surface area contributed by atoms with E-state index in [0.717, 1.165) is 47.7 Å². The van der Waals surface area contributed by atoms with Gasteiger partial charge in [0.25, 0.3) is 0 Å². The van der Waals surface area contributed by atoms with Gasteiger partial charge >= 0.3 is 0 Å². The Bertz CT molecular complexity index is 1150. The second kappa shape index (κ2) is 7.21. The van der Waals surface area contributed by atoms with Gasteiger partial charge in [-0.2, -0.15) is 4.98 Å². The van der Waals surface area contributed by atoms with Crippen LogP contribution < -0.4 is 10.2 Å². The van der Waals surface area contributed by atoms with Crippen molar-refractivity contribution in [3.63, 3.8) is 0 Å². The Morgan fingerprint density at radius 1 is 1.24 bits per heavy atom. The lowest BCUT2D eigenvalue weighted by molar-refractivity contribution is 0.266. The Hall–Kier alpha value is -3.39. The van der Waals surface area contributed by atoms with Gasteiger partial charge in [0.2, 0.25) is 5.95 Å². The van der Waals surface area contributed by atoms with Crippen LogP contribution >= 0.6 is 0 Å². The van der Waals surface area contributed by atoms with Crippen LogP contribution in [-0.2, 0) is 0 Å². The van der Waals surface area contributed by atoms with Crippen molar-refractivity contribution in [2.75, 3.05) is 23.4 Å². The number of nitrogens with zero attached hydrogens (tertiary/aromatic N) is 6. The molecule has 1 atom stereocenters. The summed E-state index contributed by atoms with van der Waals surface area (Å²) in [6.45, 7) is 3.05. The lowest BCUT2D eigenvalue weighted by atomic mass is 10.2. The first-order valence-corrected chi connectivity index (χ1v) is 9.81. The summed E-state index contributed by atoms with van der Waals surface area (Å²) in [5, 5.41) is 17.6. The predicted molar refractivity (Wildman–Crippen MR) is 112 cm³/mol. The third-order valence-electron chi connectivity index (χ3n) is 5.34. The topological polar surface area (TPSA) is 83.5 Å². The fourth-order valence-electron chi connectivity index (χ4n) is 3.93. The Balaban J connectivity index is 1.47. The third-order valence-corrected chi connectivity index (χ3v) is 5.34. The molecule has 5 heterocycles. The Labute approximate surface area is 168 Å². The smallest absolute Gasteiger partial charge is 0.247 e. The van der Waals surface area contributed by atoms with Crippen molar-refractivity contribution in [2.24, 2.45) is 0 Å². The van der Waals surface area contributed by atoms with Crippen molar-refractivity contribution in [2.45, 2.75) is 25.8 Å². The highest BCUT2D eigenvalue weighted by atomic mass is 16.3. The number of aliphatic hydroxyl groups excluding tert-OH is 1. The molecule has 0 saturated carbocycles. The second-order valence-electron chi connectivity index (χ2n) is 7.42. The summed E-state index contributed by atoms with van der Waals surface area (Å²) in [7, 11) is 0. The van der Waals surface area contributed by atoms with Crippen molar-refractivity contribution in [3.05, 3.63) is 60.8 Å². The van der Waals surface area contributed by atoms with Crippen LogP contribution in [-0.4, -0.2) is 48.4 Å². The molecule has 29 heavy (non-hydrogen) atoms. The number of nitrogens with one attached hydrogen (secondary N) is 1. The minimum absolute atomic E-state index is 0.103. The minimum atomic E-state index is 0.103. The molecule has 1 aliphatic rings. The van der Waals surface area contributed by atoms with Crippen LogP contribution in [0.5, 0.6) is 0 Å². The van der Waals surface area contributed by atoms with E-state index in [-0.39, 0.29) is 12.6 Å². The summed E-state index contributed by atoms with van der Waals surface area (Å²) in [4.78, 5) is 11.2. The number of aliphatic hydroxyl groups is 1. The van der Waals surface area contributed by atoms with E-state index in [1.165, 1.54) is 0 Å². The molecule has 0 amide bonds. The molecule has 0 aromatic carbocycles. The summed E-state index contributed by atoms with van der Waals surface area (Å²) in [5.74, 6) is 1.37. The van der Waals surface area contributed by atoms with Crippen LogP contribution in [0.3, 0.4) is 0 Å². The number of hydrogen-bond donors (Lipinski definition) is 2. The molecular weight excluding hydrogens is 366 g/mol. The maximum Gasteiger partial charge on any atom is 0.247 e. The van der Waals surface area contributed by atoms with Crippen LogP contribution in [0.15, 0.2) is 55.2 Å². The van der Waals surface area contributed by atoms with Gasteiger partial charge in [-0.1, -0.05) is 0 Å². The van der Waals surface area contributed by atoms with Crippen molar-refractivity contribution < 1.29 is 5.11 Å². The van der Waals surface area contributed by atoms with Gasteiger partial charge in [0.1, 0.15) is 5.52 Å². The summed E-state index contributed by atoms with van der Waals surface area (Å²) >= 11 is 0. The van der Waals surface area contributed by atoms with E-state index >= 15 is 0 Å². The molecule has 5 rings (SSSR count). The summed E-state index contributed by atoms with van der Waals surface area (Å²) in [6, 6.07) is 8.14. The number of aryl methyl sites for hydroxylation is 1. The molecule has 0 radical (unpaired) electrons. The number of anilines is 3. The largest absolute Gasteiger partial charge is 0.394 e. The number of pyridine rings is 1. The second-order valence-corrected chi connectivity index (χ2v) is 7.42. The van der Waals surface area contributed by atoms with Crippen LogP contribution in [0.25, 0.3) is 11.2 Å². The average molecular weight is 389 g/mol. The van der Waals surface area contributed by atoms with Gasteiger partial charge in [-0.05, 0) is 49.6 Å². The molecule has 0 spiro atoms. The van der Waals surface area contributed by atoms with Crippen LogP contribution in [0, 0.1) is 6.92 Å². The molecule has 1 fully saturated rings. The fraction of sp³-hybridized carbons (Fsp3) is 0.286. The molecule has 0 aliphatic carbocycles. The van der Waals surface area contributed by atoms with E-state index in [1.807, 2.05) is 65.2 Å².